The first-order valence-electron chi connectivity index (χ1n) is 14.0. The molecular weight excluding hydrogens is 588 g/mol. The normalized spacial score (nSPS) is 12.2. The summed E-state index contributed by atoms with van der Waals surface area (Å²) < 4.78 is 40.9. The van der Waals surface area contributed by atoms with E-state index in [2.05, 4.69) is 55.7 Å². The van der Waals surface area contributed by atoms with Crippen LogP contribution in [0, 0.1) is 5.21 Å². The predicted octanol–water partition coefficient (Wildman–Crippen LogP) is 6.89. The predicted molar refractivity (Wildman–Crippen MR) is 166 cm³/mol. The van der Waals surface area contributed by atoms with Gasteiger partial charge in [-0.3, -0.25) is 4.63 Å². The lowest BCUT2D eigenvalue weighted by Gasteiger charge is -2.09. The van der Waals surface area contributed by atoms with Gasteiger partial charge in [-0.1, -0.05) is 65.3 Å². The highest BCUT2D eigenvalue weighted by Gasteiger charge is 2.35. The van der Waals surface area contributed by atoms with Crippen LogP contribution < -0.4 is 9.64 Å². The number of ether oxygens (including phenoxy) is 2. The summed E-state index contributed by atoms with van der Waals surface area (Å²) >= 11 is 1.54. The largest absolute Gasteiger partial charge is 0.458 e. The van der Waals surface area contributed by atoms with Gasteiger partial charge in [0.05, 0.1) is 15.6 Å². The third kappa shape index (κ3) is 10.4. The van der Waals surface area contributed by atoms with Crippen molar-refractivity contribution in [3.05, 3.63) is 100 Å². The van der Waals surface area contributed by atoms with Crippen molar-refractivity contribution in [3.8, 4) is 5.88 Å². The van der Waals surface area contributed by atoms with Crippen molar-refractivity contribution in [2.75, 3.05) is 19.0 Å². The molecule has 2 aromatic carbocycles. The van der Waals surface area contributed by atoms with Crippen LogP contribution in [0.5, 0.6) is 5.88 Å². The Kier molecular flexibility index (Phi) is 13.1. The van der Waals surface area contributed by atoms with Gasteiger partial charge < -0.3 is 14.7 Å². The smallest absolute Gasteiger partial charge is 0.415 e. The van der Waals surface area contributed by atoms with E-state index in [1.165, 1.54) is 41.0 Å². The number of sulfone groups is 1. The van der Waals surface area contributed by atoms with Gasteiger partial charge in [0.15, 0.2) is 0 Å². The summed E-state index contributed by atoms with van der Waals surface area (Å²) in [5.74, 6) is -0.345. The lowest BCUT2D eigenvalue weighted by molar-refractivity contribution is -0.832. The molecule has 230 valence electrons. The molecule has 1 heterocycles. The Bertz CT molecular complexity index is 1560. The maximum absolute atomic E-state index is 12.9. The van der Waals surface area contributed by atoms with Crippen LogP contribution in [0.25, 0.3) is 0 Å². The highest BCUT2D eigenvalue weighted by atomic mass is 32.2. The summed E-state index contributed by atoms with van der Waals surface area (Å²) in [6, 6.07) is 14.5. The van der Waals surface area contributed by atoms with Crippen LogP contribution >= 0.6 is 11.8 Å². The number of rotatable bonds is 16. The molecular formula is C32H38N2O7S2. The van der Waals surface area contributed by atoms with E-state index in [1.54, 1.807) is 30.0 Å². The first-order valence-corrected chi connectivity index (χ1v) is 16.4. The van der Waals surface area contributed by atoms with E-state index in [4.69, 9.17) is 9.47 Å². The first kappa shape index (κ1) is 33.7. The fraction of sp³-hybridized carbons (Fsp3) is 0.344. The number of hydrogen-bond acceptors (Lipinski definition) is 9. The Labute approximate surface area is 257 Å². The fourth-order valence-corrected chi connectivity index (χ4v) is 6.29. The van der Waals surface area contributed by atoms with E-state index in [9.17, 15) is 18.4 Å². The lowest BCUT2D eigenvalue weighted by Crippen LogP contribution is -2.31. The minimum atomic E-state index is -4.24. The fourth-order valence-electron chi connectivity index (χ4n) is 3.96. The molecule has 0 radical (unpaired) electrons. The second-order valence-electron chi connectivity index (χ2n) is 10.1. The molecule has 9 nitrogen and oxygen atoms in total. The third-order valence-electron chi connectivity index (χ3n) is 6.31. The summed E-state index contributed by atoms with van der Waals surface area (Å²) in [7, 11) is -4.24. The maximum atomic E-state index is 12.9. The van der Waals surface area contributed by atoms with Crippen LogP contribution in [0.15, 0.2) is 109 Å². The molecule has 0 N–H and O–H groups in total. The summed E-state index contributed by atoms with van der Waals surface area (Å²) in [6.07, 6.45) is 10.9. The van der Waals surface area contributed by atoms with Crippen LogP contribution in [-0.2, 0) is 14.6 Å². The van der Waals surface area contributed by atoms with Crippen molar-refractivity contribution >= 4 is 27.6 Å². The van der Waals surface area contributed by atoms with Crippen molar-refractivity contribution < 1.29 is 32.2 Å². The SMILES string of the molecule is CC(C)=CCC/C(C)=C/CC/C(C)=C/CSc1ccccc1C(=O)OCCOc1no[n+]([O-])c1S(=O)(=O)c1ccccc1. The van der Waals surface area contributed by atoms with E-state index in [0.29, 0.717) is 11.3 Å². The molecule has 0 saturated carbocycles. The highest BCUT2D eigenvalue weighted by molar-refractivity contribution is 7.99. The average Bonchev–Trinajstić information content (AvgIpc) is 3.36. The van der Waals surface area contributed by atoms with E-state index in [-0.39, 0.29) is 23.0 Å². The molecule has 43 heavy (non-hydrogen) atoms. The van der Waals surface area contributed by atoms with E-state index >= 15 is 0 Å². The summed E-state index contributed by atoms with van der Waals surface area (Å²) in [4.78, 5) is 13.3. The van der Waals surface area contributed by atoms with Crippen LogP contribution in [-0.4, -0.2) is 38.5 Å². The number of allylic oxidation sites excluding steroid dienone is 5. The molecule has 0 bridgehead atoms. The average molecular weight is 627 g/mol. The Morgan fingerprint density at radius 3 is 2.30 bits per heavy atom. The van der Waals surface area contributed by atoms with Gasteiger partial charge in [-0.25, -0.2) is 13.2 Å². The molecule has 1 aromatic heterocycles. The quantitative estimate of drug-likeness (QED) is 0.0550. The third-order valence-corrected chi connectivity index (χ3v) is 9.04. The van der Waals surface area contributed by atoms with Crippen molar-refractivity contribution in [1.29, 1.82) is 0 Å². The van der Waals surface area contributed by atoms with Gasteiger partial charge in [-0.05, 0) is 82.5 Å². The second kappa shape index (κ2) is 16.7. The monoisotopic (exact) mass is 626 g/mol. The van der Waals surface area contributed by atoms with Gasteiger partial charge in [-0.15, -0.1) is 11.8 Å². The number of esters is 1. The molecule has 3 aromatic rings. The lowest BCUT2D eigenvalue weighted by atomic mass is 10.1. The van der Waals surface area contributed by atoms with Crippen molar-refractivity contribution in [2.24, 2.45) is 0 Å². The zero-order valence-corrected chi connectivity index (χ0v) is 26.6. The number of thioether (sulfide) groups is 1. The van der Waals surface area contributed by atoms with Crippen LogP contribution in [0.2, 0.25) is 0 Å². The van der Waals surface area contributed by atoms with Crippen LogP contribution in [0.4, 0.5) is 0 Å². The van der Waals surface area contributed by atoms with Crippen molar-refractivity contribution in [3.63, 3.8) is 0 Å². The van der Waals surface area contributed by atoms with Gasteiger partial charge >= 0.3 is 16.9 Å². The molecule has 0 aliphatic carbocycles. The van der Waals surface area contributed by atoms with Crippen LogP contribution in [0.3, 0.4) is 0 Å². The van der Waals surface area contributed by atoms with Crippen molar-refractivity contribution in [2.45, 2.75) is 68.2 Å². The minimum Gasteiger partial charge on any atom is -0.458 e. The molecule has 0 saturated heterocycles. The maximum Gasteiger partial charge on any atom is 0.415 e. The zero-order chi connectivity index (χ0) is 31.2. The summed E-state index contributed by atoms with van der Waals surface area (Å²) in [6.45, 7) is 8.10. The summed E-state index contributed by atoms with van der Waals surface area (Å²) in [5.41, 5.74) is 4.46. The first-order chi connectivity index (χ1) is 20.6. The number of carbonyl (C=O) groups excluding carboxylic acids is 1. The zero-order valence-electron chi connectivity index (χ0n) is 24.9. The molecule has 0 fully saturated rings. The van der Waals surface area contributed by atoms with Gasteiger partial charge in [0.2, 0.25) is 0 Å². The van der Waals surface area contributed by atoms with E-state index in [0.717, 1.165) is 30.6 Å². The number of hydrogen-bond donors (Lipinski definition) is 0. The van der Waals surface area contributed by atoms with Crippen LogP contribution in [0.1, 0.15) is 63.7 Å². The minimum absolute atomic E-state index is 0.115. The van der Waals surface area contributed by atoms with E-state index in [1.807, 2.05) is 12.1 Å². The summed E-state index contributed by atoms with van der Waals surface area (Å²) in [5, 5.41) is 14.6. The van der Waals surface area contributed by atoms with Gasteiger partial charge in [0.1, 0.15) is 13.2 Å². The van der Waals surface area contributed by atoms with Gasteiger partial charge in [-0.2, -0.15) is 0 Å². The Morgan fingerprint density at radius 1 is 0.930 bits per heavy atom. The molecule has 0 aliphatic rings. The number of carbonyl (C=O) groups is 1. The van der Waals surface area contributed by atoms with Gasteiger partial charge in [0.25, 0.3) is 9.84 Å². The van der Waals surface area contributed by atoms with Gasteiger partial charge in [0, 0.05) is 10.6 Å². The molecule has 0 unspecified atom stereocenters. The second-order valence-corrected chi connectivity index (χ2v) is 13.0. The van der Waals surface area contributed by atoms with Crippen molar-refractivity contribution in [1.82, 2.24) is 5.16 Å². The molecule has 0 amide bonds. The molecule has 11 heteroatoms. The number of aromatic nitrogens is 2. The Hall–Kier alpha value is -3.83. The Balaban J connectivity index is 1.49. The Morgan fingerprint density at radius 2 is 1.58 bits per heavy atom. The molecule has 0 spiro atoms. The van der Waals surface area contributed by atoms with E-state index < -0.39 is 26.7 Å². The standard InChI is InChI=1S/C32H38N2O7S2/c1-24(2)12-10-13-25(3)14-11-15-26(4)20-23-42-29-19-9-8-18-28(29)32(35)40-22-21-39-30-31(34(36)41-33-30)43(37,38)27-16-6-5-7-17-27/h5-9,12,14,16-20H,10-11,13,15,21-23H2,1-4H3/b25-14+,26-20+. The molecule has 0 atom stereocenters. The molecule has 0 aliphatic heterocycles. The molecule has 3 rings (SSSR count). The topological polar surface area (TPSA) is 123 Å². The number of benzene rings is 2. The number of nitrogens with zero attached hydrogens (tertiary/aromatic N) is 2. The highest BCUT2D eigenvalue weighted by Crippen LogP contribution is 2.26.